The Kier molecular flexibility index (Phi) is 5.43. The summed E-state index contributed by atoms with van der Waals surface area (Å²) < 4.78 is 18.1. The lowest BCUT2D eigenvalue weighted by molar-refractivity contribution is 0.0531. The van der Waals surface area contributed by atoms with Crippen LogP contribution in [0.2, 0.25) is 0 Å². The monoisotopic (exact) mass is 392 g/mol. The van der Waals surface area contributed by atoms with Crippen LogP contribution in [0.5, 0.6) is 0 Å². The van der Waals surface area contributed by atoms with Gasteiger partial charge in [0.25, 0.3) is 5.56 Å². The van der Waals surface area contributed by atoms with E-state index in [1.165, 1.54) is 23.9 Å². The molecule has 0 aliphatic rings. The number of hydrogen-bond acceptors (Lipinski definition) is 6. The highest BCUT2D eigenvalue weighted by atomic mass is 32.2. The Morgan fingerprint density at radius 1 is 1.38 bits per heavy atom. The number of nitrogens with zero attached hydrogens (tertiary/aromatic N) is 1. The van der Waals surface area contributed by atoms with Gasteiger partial charge < -0.3 is 9.72 Å². The van der Waals surface area contributed by atoms with Crippen LogP contribution in [0.1, 0.15) is 40.2 Å². The van der Waals surface area contributed by atoms with E-state index in [0.717, 1.165) is 16.2 Å². The molecule has 0 radical (unpaired) electrons. The van der Waals surface area contributed by atoms with Gasteiger partial charge in [-0.2, -0.15) is 0 Å². The SMILES string of the molecule is CCOC(=O)c1sc2nc(C(C)Sc3ccc(F)cc3)[nH]c(=O)c2c1C. The van der Waals surface area contributed by atoms with Crippen LogP contribution in [0.25, 0.3) is 10.2 Å². The quantitative estimate of drug-likeness (QED) is 0.513. The topological polar surface area (TPSA) is 72.0 Å². The molecule has 0 aliphatic carbocycles. The van der Waals surface area contributed by atoms with Crippen LogP contribution >= 0.6 is 23.1 Å². The molecule has 1 unspecified atom stereocenters. The third kappa shape index (κ3) is 3.66. The number of halogens is 1. The Morgan fingerprint density at radius 2 is 2.08 bits per heavy atom. The number of hydrogen-bond donors (Lipinski definition) is 1. The number of nitrogens with one attached hydrogen (secondary N) is 1. The second-order valence-corrected chi connectivity index (χ2v) is 8.04. The number of fused-ring (bicyclic) bond motifs is 1. The Labute approximate surface area is 157 Å². The molecule has 3 aromatic rings. The maximum Gasteiger partial charge on any atom is 0.348 e. The molecule has 0 spiro atoms. The van der Waals surface area contributed by atoms with Crippen molar-refractivity contribution in [1.82, 2.24) is 9.97 Å². The highest BCUT2D eigenvalue weighted by molar-refractivity contribution is 7.99. The van der Waals surface area contributed by atoms with Gasteiger partial charge in [-0.15, -0.1) is 23.1 Å². The Balaban J connectivity index is 1.96. The van der Waals surface area contributed by atoms with E-state index in [4.69, 9.17) is 4.74 Å². The van der Waals surface area contributed by atoms with Gasteiger partial charge in [0.05, 0.1) is 17.2 Å². The van der Waals surface area contributed by atoms with E-state index in [1.54, 1.807) is 26.0 Å². The largest absolute Gasteiger partial charge is 0.462 e. The molecule has 0 aliphatic heterocycles. The average molecular weight is 392 g/mol. The molecule has 0 amide bonds. The van der Waals surface area contributed by atoms with Gasteiger partial charge in [0.2, 0.25) is 0 Å². The number of carbonyl (C=O) groups excluding carboxylic acids is 1. The second-order valence-electron chi connectivity index (χ2n) is 5.62. The van der Waals surface area contributed by atoms with Crippen molar-refractivity contribution in [2.45, 2.75) is 30.9 Å². The van der Waals surface area contributed by atoms with Crippen LogP contribution in [0.15, 0.2) is 34.0 Å². The molecule has 8 heteroatoms. The number of ether oxygens (including phenoxy) is 1. The fourth-order valence-electron chi connectivity index (χ4n) is 2.52. The van der Waals surface area contributed by atoms with Crippen molar-refractivity contribution in [2.75, 3.05) is 6.61 Å². The number of esters is 1. The van der Waals surface area contributed by atoms with Crippen LogP contribution in [-0.2, 0) is 4.74 Å². The first-order valence-corrected chi connectivity index (χ1v) is 9.73. The molecule has 136 valence electrons. The van der Waals surface area contributed by atoms with Gasteiger partial charge in [-0.3, -0.25) is 4.79 Å². The molecule has 1 N–H and O–H groups in total. The zero-order chi connectivity index (χ0) is 18.8. The minimum atomic E-state index is -0.442. The van der Waals surface area contributed by atoms with Gasteiger partial charge in [-0.05, 0) is 50.6 Å². The van der Waals surface area contributed by atoms with Crippen LogP contribution in [-0.4, -0.2) is 22.5 Å². The van der Waals surface area contributed by atoms with Crippen molar-refractivity contribution < 1.29 is 13.9 Å². The molecular formula is C18H17FN2O3S2. The highest BCUT2D eigenvalue weighted by Crippen LogP contribution is 2.34. The summed E-state index contributed by atoms with van der Waals surface area (Å²) in [5.74, 6) is -0.230. The maximum absolute atomic E-state index is 13.0. The summed E-state index contributed by atoms with van der Waals surface area (Å²) in [6.45, 7) is 5.63. The predicted octanol–water partition coefficient (Wildman–Crippen LogP) is 4.46. The second kappa shape index (κ2) is 7.59. The van der Waals surface area contributed by atoms with Crippen molar-refractivity contribution in [1.29, 1.82) is 0 Å². The Hall–Kier alpha value is -2.19. The van der Waals surface area contributed by atoms with E-state index in [1.807, 2.05) is 6.92 Å². The van der Waals surface area contributed by atoms with E-state index in [2.05, 4.69) is 9.97 Å². The fourth-order valence-corrected chi connectivity index (χ4v) is 4.52. The van der Waals surface area contributed by atoms with Crippen LogP contribution < -0.4 is 5.56 Å². The molecule has 5 nitrogen and oxygen atoms in total. The van der Waals surface area contributed by atoms with E-state index in [0.29, 0.717) is 26.5 Å². The molecule has 2 aromatic heterocycles. The Bertz CT molecular complexity index is 1010. The maximum atomic E-state index is 13.0. The molecule has 0 saturated heterocycles. The summed E-state index contributed by atoms with van der Waals surface area (Å²) in [7, 11) is 0. The van der Waals surface area contributed by atoms with Crippen molar-refractivity contribution >= 4 is 39.3 Å². The fraction of sp³-hybridized carbons (Fsp3) is 0.278. The van der Waals surface area contributed by atoms with Crippen LogP contribution in [0, 0.1) is 12.7 Å². The summed E-state index contributed by atoms with van der Waals surface area (Å²) in [5, 5.41) is 0.270. The van der Waals surface area contributed by atoms with Crippen molar-refractivity contribution in [3.63, 3.8) is 0 Å². The predicted molar refractivity (Wildman–Crippen MR) is 102 cm³/mol. The lowest BCUT2D eigenvalue weighted by Gasteiger charge is -2.10. The first kappa shape index (κ1) is 18.6. The first-order valence-electron chi connectivity index (χ1n) is 8.03. The van der Waals surface area contributed by atoms with Crippen LogP contribution in [0.4, 0.5) is 4.39 Å². The summed E-state index contributed by atoms with van der Waals surface area (Å²) in [5.41, 5.74) is 0.309. The number of carbonyl (C=O) groups is 1. The lowest BCUT2D eigenvalue weighted by Crippen LogP contribution is -2.12. The van der Waals surface area contributed by atoms with E-state index >= 15 is 0 Å². The summed E-state index contributed by atoms with van der Waals surface area (Å²) in [6.07, 6.45) is 0. The van der Waals surface area contributed by atoms with Crippen molar-refractivity contribution in [3.8, 4) is 0 Å². The van der Waals surface area contributed by atoms with Gasteiger partial charge in [-0.25, -0.2) is 14.2 Å². The Morgan fingerprint density at radius 3 is 2.73 bits per heavy atom. The van der Waals surface area contributed by atoms with Crippen molar-refractivity contribution in [2.24, 2.45) is 0 Å². The molecule has 3 rings (SSSR count). The number of aromatic nitrogens is 2. The molecule has 1 atom stereocenters. The third-order valence-corrected chi connectivity index (χ3v) is 6.08. The number of rotatable bonds is 5. The zero-order valence-corrected chi connectivity index (χ0v) is 16.1. The number of thiophene rings is 1. The molecular weight excluding hydrogens is 375 g/mol. The third-order valence-electron chi connectivity index (χ3n) is 3.79. The molecule has 26 heavy (non-hydrogen) atoms. The number of thioether (sulfide) groups is 1. The van der Waals surface area contributed by atoms with Gasteiger partial charge in [0, 0.05) is 4.90 Å². The average Bonchev–Trinajstić information content (AvgIpc) is 2.94. The van der Waals surface area contributed by atoms with Gasteiger partial charge in [0.1, 0.15) is 21.3 Å². The standard InChI is InChI=1S/C18H17FN2O3S2/c1-4-24-18(23)14-9(2)13-16(22)20-15(21-17(13)26-14)10(3)25-12-7-5-11(19)6-8-12/h5-8,10H,4H2,1-3H3,(H,20,21,22). The van der Waals surface area contributed by atoms with Gasteiger partial charge >= 0.3 is 5.97 Å². The molecule has 0 fully saturated rings. The number of aromatic amines is 1. The molecule has 0 bridgehead atoms. The summed E-state index contributed by atoms with van der Waals surface area (Å²) in [6, 6.07) is 6.15. The van der Waals surface area contributed by atoms with Gasteiger partial charge in [-0.1, -0.05) is 0 Å². The number of H-pyrrole nitrogens is 1. The van der Waals surface area contributed by atoms with Crippen LogP contribution in [0.3, 0.4) is 0 Å². The van der Waals surface area contributed by atoms with E-state index < -0.39 is 5.97 Å². The zero-order valence-electron chi connectivity index (χ0n) is 14.5. The van der Waals surface area contributed by atoms with E-state index in [9.17, 15) is 14.0 Å². The molecule has 0 saturated carbocycles. The molecule has 1 aromatic carbocycles. The normalized spacial score (nSPS) is 12.3. The number of aryl methyl sites for hydroxylation is 1. The highest BCUT2D eigenvalue weighted by Gasteiger charge is 2.21. The van der Waals surface area contributed by atoms with Gasteiger partial charge in [0.15, 0.2) is 0 Å². The summed E-state index contributed by atoms with van der Waals surface area (Å²) in [4.78, 5) is 33.7. The summed E-state index contributed by atoms with van der Waals surface area (Å²) >= 11 is 2.62. The minimum absolute atomic E-state index is 0.147. The number of benzene rings is 1. The smallest absolute Gasteiger partial charge is 0.348 e. The minimum Gasteiger partial charge on any atom is -0.462 e. The lowest BCUT2D eigenvalue weighted by atomic mass is 10.2. The molecule has 2 heterocycles. The van der Waals surface area contributed by atoms with Crippen molar-refractivity contribution in [3.05, 3.63) is 56.7 Å². The first-order chi connectivity index (χ1) is 12.4. The van der Waals surface area contributed by atoms with E-state index in [-0.39, 0.29) is 23.2 Å².